The van der Waals surface area contributed by atoms with Crippen LogP contribution in [0.3, 0.4) is 0 Å². The Morgan fingerprint density at radius 2 is 1.95 bits per heavy atom. The van der Waals surface area contributed by atoms with Gasteiger partial charge in [0.05, 0.1) is 24.2 Å². The van der Waals surface area contributed by atoms with Gasteiger partial charge in [-0.25, -0.2) is 0 Å². The molecule has 0 aromatic heterocycles. The summed E-state index contributed by atoms with van der Waals surface area (Å²) in [5.41, 5.74) is 1.01. The molecule has 2 rings (SSSR count). The molecule has 21 heavy (non-hydrogen) atoms. The third-order valence-electron chi connectivity index (χ3n) is 3.29. The third-order valence-corrected chi connectivity index (χ3v) is 4.61. The summed E-state index contributed by atoms with van der Waals surface area (Å²) in [5.74, 6) is -0.542. The van der Waals surface area contributed by atoms with Crippen LogP contribution in [0.15, 0.2) is 29.2 Å². The van der Waals surface area contributed by atoms with E-state index in [2.05, 4.69) is 0 Å². The Balaban J connectivity index is 1.76. The van der Waals surface area contributed by atoms with Crippen LogP contribution < -0.4 is 0 Å². The maximum atomic E-state index is 12.0. The number of aryl methyl sites for hydroxylation is 1. The minimum absolute atomic E-state index is 0.00526. The van der Waals surface area contributed by atoms with Crippen LogP contribution in [0.5, 0.6) is 0 Å². The molecule has 118 valence electrons. The number of rotatable bonds is 6. The highest BCUT2D eigenvalue weighted by Crippen LogP contribution is 2.25. The van der Waals surface area contributed by atoms with Gasteiger partial charge in [-0.3, -0.25) is 4.18 Å². The van der Waals surface area contributed by atoms with Crippen LogP contribution in [0.4, 0.5) is 0 Å². The van der Waals surface area contributed by atoms with E-state index < -0.39 is 15.9 Å². The third kappa shape index (κ3) is 4.78. The summed E-state index contributed by atoms with van der Waals surface area (Å²) >= 11 is 0. The second-order valence-corrected chi connectivity index (χ2v) is 7.30. The molecular formula is C15H22O5S. The Labute approximate surface area is 126 Å². The van der Waals surface area contributed by atoms with E-state index in [1.54, 1.807) is 24.3 Å². The number of hydrogen-bond acceptors (Lipinski definition) is 5. The Hall–Kier alpha value is -0.950. The van der Waals surface area contributed by atoms with Crippen molar-refractivity contribution in [1.82, 2.24) is 0 Å². The number of hydrogen-bond donors (Lipinski definition) is 0. The van der Waals surface area contributed by atoms with Crippen molar-refractivity contribution in [2.45, 2.75) is 50.4 Å². The van der Waals surface area contributed by atoms with Gasteiger partial charge in [0.15, 0.2) is 5.79 Å². The molecule has 0 radical (unpaired) electrons. The minimum Gasteiger partial charge on any atom is -0.348 e. The Bertz CT molecular complexity index is 562. The molecule has 0 spiro atoms. The molecule has 1 fully saturated rings. The van der Waals surface area contributed by atoms with Crippen LogP contribution in [0.25, 0.3) is 0 Å². The van der Waals surface area contributed by atoms with E-state index in [4.69, 9.17) is 13.7 Å². The minimum atomic E-state index is -3.67. The summed E-state index contributed by atoms with van der Waals surface area (Å²) in [6.45, 7) is 6.33. The number of benzene rings is 1. The highest BCUT2D eigenvalue weighted by atomic mass is 32.2. The fraction of sp³-hybridized carbons (Fsp3) is 0.600. The smallest absolute Gasteiger partial charge is 0.296 e. The second-order valence-electron chi connectivity index (χ2n) is 5.68. The first-order valence-corrected chi connectivity index (χ1v) is 8.47. The highest BCUT2D eigenvalue weighted by molar-refractivity contribution is 7.86. The van der Waals surface area contributed by atoms with Crippen LogP contribution in [0.2, 0.25) is 0 Å². The molecule has 1 aliphatic rings. The van der Waals surface area contributed by atoms with E-state index in [0.29, 0.717) is 19.4 Å². The van der Waals surface area contributed by atoms with Crippen molar-refractivity contribution in [3.05, 3.63) is 29.8 Å². The Kier molecular flexibility index (Phi) is 5.03. The number of ether oxygens (including phenoxy) is 2. The molecule has 1 atom stereocenters. The maximum Gasteiger partial charge on any atom is 0.296 e. The predicted octanol–water partition coefficient (Wildman–Crippen LogP) is 2.63. The van der Waals surface area contributed by atoms with Gasteiger partial charge in [-0.05, 0) is 45.7 Å². The van der Waals surface area contributed by atoms with Gasteiger partial charge in [-0.2, -0.15) is 8.42 Å². The van der Waals surface area contributed by atoms with Gasteiger partial charge in [-0.15, -0.1) is 0 Å². The second kappa shape index (κ2) is 6.44. The van der Waals surface area contributed by atoms with Crippen LogP contribution in [-0.4, -0.2) is 33.5 Å². The predicted molar refractivity (Wildman–Crippen MR) is 78.5 cm³/mol. The lowest BCUT2D eigenvalue weighted by atomic mass is 10.2. The van der Waals surface area contributed by atoms with Crippen molar-refractivity contribution >= 4 is 10.1 Å². The molecular weight excluding hydrogens is 292 g/mol. The van der Waals surface area contributed by atoms with E-state index >= 15 is 0 Å². The zero-order valence-corrected chi connectivity index (χ0v) is 13.5. The van der Waals surface area contributed by atoms with Crippen molar-refractivity contribution in [3.8, 4) is 0 Å². The average molecular weight is 314 g/mol. The highest BCUT2D eigenvalue weighted by Gasteiger charge is 2.32. The van der Waals surface area contributed by atoms with Gasteiger partial charge in [0.1, 0.15) is 0 Å². The largest absolute Gasteiger partial charge is 0.348 e. The van der Waals surface area contributed by atoms with Crippen molar-refractivity contribution in [3.63, 3.8) is 0 Å². The van der Waals surface area contributed by atoms with Crippen molar-refractivity contribution in [1.29, 1.82) is 0 Å². The van der Waals surface area contributed by atoms with E-state index in [1.807, 2.05) is 20.8 Å². The van der Waals surface area contributed by atoms with E-state index in [1.165, 1.54) is 0 Å². The molecule has 1 aliphatic heterocycles. The van der Waals surface area contributed by atoms with Crippen molar-refractivity contribution in [2.75, 3.05) is 13.2 Å². The lowest BCUT2D eigenvalue weighted by molar-refractivity contribution is -0.139. The zero-order valence-electron chi connectivity index (χ0n) is 12.7. The van der Waals surface area contributed by atoms with Gasteiger partial charge >= 0.3 is 0 Å². The lowest BCUT2D eigenvalue weighted by Gasteiger charge is -2.16. The van der Waals surface area contributed by atoms with E-state index in [0.717, 1.165) is 5.56 Å². The van der Waals surface area contributed by atoms with E-state index in [9.17, 15) is 8.42 Å². The van der Waals surface area contributed by atoms with Gasteiger partial charge < -0.3 is 9.47 Å². The average Bonchev–Trinajstić information content (AvgIpc) is 2.75. The first kappa shape index (κ1) is 16.4. The molecule has 0 amide bonds. The maximum absolute atomic E-state index is 12.0. The van der Waals surface area contributed by atoms with Crippen molar-refractivity contribution < 1.29 is 22.1 Å². The van der Waals surface area contributed by atoms with Crippen LogP contribution in [0.1, 0.15) is 32.3 Å². The molecule has 5 nitrogen and oxygen atoms in total. The zero-order chi connectivity index (χ0) is 15.5. The Morgan fingerprint density at radius 1 is 1.29 bits per heavy atom. The summed E-state index contributed by atoms with van der Waals surface area (Å²) in [5, 5.41) is 0. The molecule has 1 aromatic rings. The van der Waals surface area contributed by atoms with Gasteiger partial charge in [0.2, 0.25) is 0 Å². The summed E-state index contributed by atoms with van der Waals surface area (Å²) < 4.78 is 40.1. The van der Waals surface area contributed by atoms with E-state index in [-0.39, 0.29) is 17.6 Å². The lowest BCUT2D eigenvalue weighted by Crippen LogP contribution is -2.21. The van der Waals surface area contributed by atoms with Crippen molar-refractivity contribution in [2.24, 2.45) is 0 Å². The summed E-state index contributed by atoms with van der Waals surface area (Å²) in [6.07, 6.45) is 1.33. The normalized spacial score (nSPS) is 21.6. The molecule has 6 heteroatoms. The van der Waals surface area contributed by atoms with Gasteiger partial charge in [-0.1, -0.05) is 17.7 Å². The molecule has 1 heterocycles. The van der Waals surface area contributed by atoms with Crippen LogP contribution in [-0.2, 0) is 23.8 Å². The van der Waals surface area contributed by atoms with Crippen LogP contribution in [0, 0.1) is 6.92 Å². The summed E-state index contributed by atoms with van der Waals surface area (Å²) in [4.78, 5) is 0.190. The molecule has 0 bridgehead atoms. The van der Waals surface area contributed by atoms with Gasteiger partial charge in [0, 0.05) is 0 Å². The molecule has 0 unspecified atom stereocenters. The van der Waals surface area contributed by atoms with Crippen LogP contribution >= 0.6 is 0 Å². The molecule has 0 aliphatic carbocycles. The summed E-state index contributed by atoms with van der Waals surface area (Å²) in [7, 11) is -3.67. The molecule has 0 saturated carbocycles. The molecule has 0 N–H and O–H groups in total. The monoisotopic (exact) mass is 314 g/mol. The topological polar surface area (TPSA) is 61.8 Å². The summed E-state index contributed by atoms with van der Waals surface area (Å²) in [6, 6.07) is 6.62. The standard InChI is InChI=1S/C15H22O5S/c1-12-6-8-14(9-7-12)21(16,17)19-10-4-5-13-11-18-15(2,3)20-13/h6-9,13H,4-5,10-11H2,1-3H3/t13-/m0/s1. The first-order chi connectivity index (χ1) is 9.78. The molecule has 1 aromatic carbocycles. The fourth-order valence-corrected chi connectivity index (χ4v) is 3.10. The Morgan fingerprint density at radius 3 is 2.52 bits per heavy atom. The van der Waals surface area contributed by atoms with Gasteiger partial charge in [0.25, 0.3) is 10.1 Å². The quantitative estimate of drug-likeness (QED) is 0.596. The SMILES string of the molecule is Cc1ccc(S(=O)(=O)OCCC[C@H]2COC(C)(C)O2)cc1. The first-order valence-electron chi connectivity index (χ1n) is 7.06. The fourth-order valence-electron chi connectivity index (χ4n) is 2.16. The molecule has 1 saturated heterocycles.